The molecular weight excluding hydrogens is 388 g/mol. The van der Waals surface area contributed by atoms with E-state index >= 15 is 0 Å². The second kappa shape index (κ2) is 10.3. The zero-order valence-corrected chi connectivity index (χ0v) is 17.5. The molecule has 0 saturated carbocycles. The highest BCUT2D eigenvalue weighted by Crippen LogP contribution is 2.25. The first-order valence-electron chi connectivity index (χ1n) is 10.0. The van der Waals surface area contributed by atoms with E-state index in [0.717, 1.165) is 18.4 Å². The molecule has 2 amide bonds. The van der Waals surface area contributed by atoms with Gasteiger partial charge in [-0.25, -0.2) is 0 Å². The minimum absolute atomic E-state index is 0.0478. The second-order valence-corrected chi connectivity index (χ2v) is 7.73. The summed E-state index contributed by atoms with van der Waals surface area (Å²) < 4.78 is 5.57. The molecule has 0 radical (unpaired) electrons. The SMILES string of the molecule is Cc1ccc(OCC(=O)N2CCN(C(=O)CCCc3ccccc3)CC2)c(Cl)c1. The summed E-state index contributed by atoms with van der Waals surface area (Å²) in [6.45, 7) is 4.11. The molecule has 1 aliphatic heterocycles. The second-order valence-electron chi connectivity index (χ2n) is 7.32. The van der Waals surface area contributed by atoms with Crippen LogP contribution < -0.4 is 4.74 Å². The third-order valence-electron chi connectivity index (χ3n) is 5.12. The summed E-state index contributed by atoms with van der Waals surface area (Å²) in [5, 5.41) is 0.503. The Morgan fingerprint density at radius 3 is 2.28 bits per heavy atom. The van der Waals surface area contributed by atoms with E-state index in [1.165, 1.54) is 5.56 Å². The van der Waals surface area contributed by atoms with E-state index in [1.807, 2.05) is 42.2 Å². The van der Waals surface area contributed by atoms with Crippen molar-refractivity contribution in [3.63, 3.8) is 0 Å². The number of benzene rings is 2. The molecule has 0 aromatic heterocycles. The molecule has 0 bridgehead atoms. The highest BCUT2D eigenvalue weighted by atomic mass is 35.5. The predicted octanol–water partition coefficient (Wildman–Crippen LogP) is 3.72. The molecular formula is C23H27ClN2O3. The first-order valence-corrected chi connectivity index (χ1v) is 10.4. The first-order chi connectivity index (χ1) is 14.0. The summed E-state index contributed by atoms with van der Waals surface area (Å²) >= 11 is 6.14. The van der Waals surface area contributed by atoms with Crippen LogP contribution in [0.3, 0.4) is 0 Å². The van der Waals surface area contributed by atoms with Crippen molar-refractivity contribution in [1.29, 1.82) is 0 Å². The average Bonchev–Trinajstić information content (AvgIpc) is 2.74. The van der Waals surface area contributed by atoms with Crippen molar-refractivity contribution >= 4 is 23.4 Å². The molecule has 0 spiro atoms. The highest BCUT2D eigenvalue weighted by molar-refractivity contribution is 6.32. The maximum Gasteiger partial charge on any atom is 0.260 e. The van der Waals surface area contributed by atoms with E-state index in [0.29, 0.717) is 43.4 Å². The fourth-order valence-electron chi connectivity index (χ4n) is 3.41. The zero-order valence-electron chi connectivity index (χ0n) is 16.8. The zero-order chi connectivity index (χ0) is 20.6. The van der Waals surface area contributed by atoms with Crippen LogP contribution in [0.1, 0.15) is 24.0 Å². The quantitative estimate of drug-likeness (QED) is 0.693. The maximum absolute atomic E-state index is 12.4. The van der Waals surface area contributed by atoms with Crippen molar-refractivity contribution in [2.75, 3.05) is 32.8 Å². The van der Waals surface area contributed by atoms with Crippen LogP contribution in [0.25, 0.3) is 0 Å². The monoisotopic (exact) mass is 414 g/mol. The summed E-state index contributed by atoms with van der Waals surface area (Å²) in [5.41, 5.74) is 2.29. The van der Waals surface area contributed by atoms with E-state index in [2.05, 4.69) is 12.1 Å². The van der Waals surface area contributed by atoms with Crippen LogP contribution in [0.2, 0.25) is 5.02 Å². The summed E-state index contributed by atoms with van der Waals surface area (Å²) in [5.74, 6) is 0.589. The molecule has 0 atom stereocenters. The van der Waals surface area contributed by atoms with Gasteiger partial charge in [-0.1, -0.05) is 48.0 Å². The Balaban J connectivity index is 1.37. The molecule has 0 unspecified atom stereocenters. The molecule has 1 saturated heterocycles. The maximum atomic E-state index is 12.4. The number of piperazine rings is 1. The fourth-order valence-corrected chi connectivity index (χ4v) is 3.70. The van der Waals surface area contributed by atoms with Crippen molar-refractivity contribution in [2.45, 2.75) is 26.2 Å². The largest absolute Gasteiger partial charge is 0.482 e. The predicted molar refractivity (Wildman–Crippen MR) is 114 cm³/mol. The van der Waals surface area contributed by atoms with Gasteiger partial charge < -0.3 is 14.5 Å². The molecule has 2 aromatic rings. The number of halogens is 1. The first kappa shape index (κ1) is 21.2. The van der Waals surface area contributed by atoms with Crippen LogP contribution in [-0.4, -0.2) is 54.4 Å². The van der Waals surface area contributed by atoms with Crippen molar-refractivity contribution in [3.05, 3.63) is 64.7 Å². The van der Waals surface area contributed by atoms with Gasteiger partial charge in [0.1, 0.15) is 5.75 Å². The number of rotatable bonds is 7. The Bertz CT molecular complexity index is 833. The lowest BCUT2D eigenvalue weighted by Crippen LogP contribution is -2.51. The number of nitrogens with zero attached hydrogens (tertiary/aromatic N) is 2. The lowest BCUT2D eigenvalue weighted by Gasteiger charge is -2.34. The molecule has 0 aliphatic carbocycles. The van der Waals surface area contributed by atoms with Crippen molar-refractivity contribution in [1.82, 2.24) is 9.80 Å². The van der Waals surface area contributed by atoms with Gasteiger partial charge in [0.05, 0.1) is 5.02 Å². The van der Waals surface area contributed by atoms with E-state index in [9.17, 15) is 9.59 Å². The van der Waals surface area contributed by atoms with Gasteiger partial charge >= 0.3 is 0 Å². The van der Waals surface area contributed by atoms with Crippen LogP contribution in [0.15, 0.2) is 48.5 Å². The Morgan fingerprint density at radius 1 is 0.966 bits per heavy atom. The van der Waals surface area contributed by atoms with Gasteiger partial charge in [-0.15, -0.1) is 0 Å². The van der Waals surface area contributed by atoms with Crippen LogP contribution in [0.4, 0.5) is 0 Å². The van der Waals surface area contributed by atoms with E-state index in [1.54, 1.807) is 11.0 Å². The number of carbonyl (C=O) groups excluding carboxylic acids is 2. The molecule has 1 heterocycles. The summed E-state index contributed by atoms with van der Waals surface area (Å²) in [7, 11) is 0. The smallest absolute Gasteiger partial charge is 0.260 e. The van der Waals surface area contributed by atoms with Crippen molar-refractivity contribution in [3.8, 4) is 5.75 Å². The van der Waals surface area contributed by atoms with E-state index in [4.69, 9.17) is 16.3 Å². The highest BCUT2D eigenvalue weighted by Gasteiger charge is 2.24. The average molecular weight is 415 g/mol. The topological polar surface area (TPSA) is 49.9 Å². The Hall–Kier alpha value is -2.53. The number of hydrogen-bond acceptors (Lipinski definition) is 3. The Labute approximate surface area is 177 Å². The normalized spacial score (nSPS) is 14.0. The van der Waals surface area contributed by atoms with Crippen LogP contribution in [0, 0.1) is 6.92 Å². The van der Waals surface area contributed by atoms with Gasteiger partial charge in [-0.05, 0) is 43.0 Å². The molecule has 6 heteroatoms. The number of hydrogen-bond donors (Lipinski definition) is 0. The van der Waals surface area contributed by atoms with E-state index in [-0.39, 0.29) is 18.4 Å². The standard InChI is InChI=1S/C23H27ClN2O3/c1-18-10-11-21(20(24)16-18)29-17-23(28)26-14-12-25(13-15-26)22(27)9-5-8-19-6-3-2-4-7-19/h2-4,6-7,10-11,16H,5,8-9,12-15,17H2,1H3. The third kappa shape index (κ3) is 6.23. The number of aryl methyl sites for hydroxylation is 2. The fraction of sp³-hybridized carbons (Fsp3) is 0.391. The minimum Gasteiger partial charge on any atom is -0.482 e. The summed E-state index contributed by atoms with van der Waals surface area (Å²) in [6.07, 6.45) is 2.29. The summed E-state index contributed by atoms with van der Waals surface area (Å²) in [4.78, 5) is 28.4. The van der Waals surface area contributed by atoms with Crippen LogP contribution in [-0.2, 0) is 16.0 Å². The minimum atomic E-state index is -0.0854. The Kier molecular flexibility index (Phi) is 7.53. The Morgan fingerprint density at radius 2 is 1.62 bits per heavy atom. The molecule has 1 aliphatic rings. The lowest BCUT2D eigenvalue weighted by atomic mass is 10.1. The van der Waals surface area contributed by atoms with Gasteiger partial charge in [0.25, 0.3) is 5.91 Å². The molecule has 0 N–H and O–H groups in total. The molecule has 2 aromatic carbocycles. The molecule has 154 valence electrons. The van der Waals surface area contributed by atoms with Gasteiger partial charge in [-0.2, -0.15) is 0 Å². The lowest BCUT2D eigenvalue weighted by molar-refractivity contribution is -0.140. The van der Waals surface area contributed by atoms with Crippen molar-refractivity contribution < 1.29 is 14.3 Å². The molecule has 29 heavy (non-hydrogen) atoms. The van der Waals surface area contributed by atoms with Gasteiger partial charge in [-0.3, -0.25) is 9.59 Å². The molecule has 3 rings (SSSR count). The number of carbonyl (C=O) groups is 2. The van der Waals surface area contributed by atoms with Crippen LogP contribution >= 0.6 is 11.6 Å². The van der Waals surface area contributed by atoms with E-state index < -0.39 is 0 Å². The third-order valence-corrected chi connectivity index (χ3v) is 5.42. The number of ether oxygens (including phenoxy) is 1. The van der Waals surface area contributed by atoms with Gasteiger partial charge in [0.2, 0.25) is 5.91 Å². The molecule has 1 fully saturated rings. The summed E-state index contributed by atoms with van der Waals surface area (Å²) in [6, 6.07) is 15.7. The number of amides is 2. The van der Waals surface area contributed by atoms with Crippen molar-refractivity contribution in [2.24, 2.45) is 0 Å². The van der Waals surface area contributed by atoms with Crippen LogP contribution in [0.5, 0.6) is 5.75 Å². The molecule has 5 nitrogen and oxygen atoms in total. The van der Waals surface area contributed by atoms with Gasteiger partial charge in [0, 0.05) is 32.6 Å². The van der Waals surface area contributed by atoms with Gasteiger partial charge in [0.15, 0.2) is 6.61 Å².